The Hall–Kier alpha value is -2.10. The van der Waals surface area contributed by atoms with E-state index in [4.69, 9.17) is 9.47 Å². The van der Waals surface area contributed by atoms with Crippen LogP contribution in [0.2, 0.25) is 0 Å². The standard InChI is InChI=1S/C17H18O4/c1-20-15(18)14-8-12-9-17(14,16(19)21-2)10-13(12)11-6-4-3-5-7-11/h3-8,12-13H,9-10H2,1-2H3. The lowest BCUT2D eigenvalue weighted by Gasteiger charge is -2.28. The van der Waals surface area contributed by atoms with Gasteiger partial charge in [-0.3, -0.25) is 4.79 Å². The predicted molar refractivity (Wildman–Crippen MR) is 76.5 cm³/mol. The fourth-order valence-electron chi connectivity index (χ4n) is 3.83. The maximum Gasteiger partial charge on any atom is 0.334 e. The van der Waals surface area contributed by atoms with Crippen molar-refractivity contribution in [2.75, 3.05) is 14.2 Å². The number of esters is 2. The molecule has 3 unspecified atom stereocenters. The number of allylic oxidation sites excluding steroid dienone is 1. The van der Waals surface area contributed by atoms with Crippen LogP contribution in [-0.4, -0.2) is 26.2 Å². The Morgan fingerprint density at radius 1 is 1.10 bits per heavy atom. The lowest BCUT2D eigenvalue weighted by molar-refractivity contribution is -0.153. The maximum absolute atomic E-state index is 12.3. The van der Waals surface area contributed by atoms with Crippen molar-refractivity contribution >= 4 is 11.9 Å². The fraction of sp³-hybridized carbons (Fsp3) is 0.412. The molecule has 0 radical (unpaired) electrons. The predicted octanol–water partition coefficient (Wildman–Crippen LogP) is 2.45. The van der Waals surface area contributed by atoms with Crippen LogP contribution in [0.15, 0.2) is 42.0 Å². The van der Waals surface area contributed by atoms with Crippen LogP contribution in [0.3, 0.4) is 0 Å². The zero-order chi connectivity index (χ0) is 15.0. The van der Waals surface area contributed by atoms with Crippen molar-refractivity contribution in [3.05, 3.63) is 47.5 Å². The number of rotatable bonds is 3. The number of benzene rings is 1. The Balaban J connectivity index is 2.00. The Labute approximate surface area is 123 Å². The van der Waals surface area contributed by atoms with Gasteiger partial charge in [-0.05, 0) is 30.2 Å². The minimum atomic E-state index is -0.840. The summed E-state index contributed by atoms with van der Waals surface area (Å²) in [4.78, 5) is 24.3. The number of hydrogen-bond acceptors (Lipinski definition) is 4. The van der Waals surface area contributed by atoms with Crippen molar-refractivity contribution in [2.45, 2.75) is 18.8 Å². The molecule has 2 aliphatic carbocycles. The van der Waals surface area contributed by atoms with Gasteiger partial charge in [0.1, 0.15) is 5.41 Å². The van der Waals surface area contributed by atoms with E-state index in [1.165, 1.54) is 19.8 Å². The molecule has 0 heterocycles. The van der Waals surface area contributed by atoms with E-state index in [1.54, 1.807) is 0 Å². The molecule has 2 bridgehead atoms. The summed E-state index contributed by atoms with van der Waals surface area (Å²) in [6, 6.07) is 10.1. The zero-order valence-electron chi connectivity index (χ0n) is 12.2. The first-order valence-corrected chi connectivity index (χ1v) is 7.06. The molecule has 4 nitrogen and oxygen atoms in total. The second kappa shape index (κ2) is 5.02. The largest absolute Gasteiger partial charge is 0.468 e. The molecule has 0 amide bonds. The molecule has 2 aliphatic rings. The molecule has 3 atom stereocenters. The topological polar surface area (TPSA) is 52.6 Å². The van der Waals surface area contributed by atoms with E-state index in [-0.39, 0.29) is 17.8 Å². The van der Waals surface area contributed by atoms with Gasteiger partial charge < -0.3 is 9.47 Å². The molecular formula is C17H18O4. The Morgan fingerprint density at radius 2 is 1.81 bits per heavy atom. The van der Waals surface area contributed by atoms with Gasteiger partial charge in [0.2, 0.25) is 0 Å². The highest BCUT2D eigenvalue weighted by molar-refractivity contribution is 5.99. The lowest BCUT2D eigenvalue weighted by atomic mass is 9.76. The summed E-state index contributed by atoms with van der Waals surface area (Å²) < 4.78 is 9.81. The first-order valence-electron chi connectivity index (χ1n) is 7.06. The molecule has 110 valence electrons. The summed E-state index contributed by atoms with van der Waals surface area (Å²) in [5.74, 6) is -0.325. The number of carbonyl (C=O) groups is 2. The van der Waals surface area contributed by atoms with E-state index in [0.29, 0.717) is 18.4 Å². The van der Waals surface area contributed by atoms with Crippen LogP contribution in [-0.2, 0) is 19.1 Å². The molecule has 0 aliphatic heterocycles. The number of carbonyl (C=O) groups excluding carboxylic acids is 2. The highest BCUT2D eigenvalue weighted by atomic mass is 16.5. The molecule has 1 saturated carbocycles. The highest BCUT2D eigenvalue weighted by Crippen LogP contribution is 2.60. The Morgan fingerprint density at radius 3 is 2.43 bits per heavy atom. The van der Waals surface area contributed by atoms with Crippen molar-refractivity contribution < 1.29 is 19.1 Å². The Kier molecular flexibility index (Phi) is 3.32. The van der Waals surface area contributed by atoms with Gasteiger partial charge in [-0.15, -0.1) is 0 Å². The summed E-state index contributed by atoms with van der Waals surface area (Å²) >= 11 is 0. The molecular weight excluding hydrogens is 268 g/mol. The molecule has 1 aromatic carbocycles. The SMILES string of the molecule is COC(=O)C1=CC2CC1(C(=O)OC)CC2c1ccccc1. The summed E-state index contributed by atoms with van der Waals surface area (Å²) in [6.45, 7) is 0. The van der Waals surface area contributed by atoms with Crippen molar-refractivity contribution in [3.63, 3.8) is 0 Å². The van der Waals surface area contributed by atoms with Gasteiger partial charge in [0.25, 0.3) is 0 Å². The second-order valence-corrected chi connectivity index (χ2v) is 5.73. The third-order valence-electron chi connectivity index (χ3n) is 4.77. The molecule has 0 spiro atoms. The van der Waals surface area contributed by atoms with Crippen LogP contribution in [0.5, 0.6) is 0 Å². The van der Waals surface area contributed by atoms with E-state index in [9.17, 15) is 9.59 Å². The van der Waals surface area contributed by atoms with Gasteiger partial charge in [0, 0.05) is 0 Å². The second-order valence-electron chi connectivity index (χ2n) is 5.73. The molecule has 3 rings (SSSR count). The van der Waals surface area contributed by atoms with Gasteiger partial charge in [-0.2, -0.15) is 0 Å². The normalized spacial score (nSPS) is 29.9. The van der Waals surface area contributed by atoms with E-state index < -0.39 is 11.4 Å². The van der Waals surface area contributed by atoms with Crippen LogP contribution in [0.4, 0.5) is 0 Å². The van der Waals surface area contributed by atoms with Crippen LogP contribution in [0, 0.1) is 11.3 Å². The quantitative estimate of drug-likeness (QED) is 0.801. The minimum Gasteiger partial charge on any atom is -0.468 e. The molecule has 0 N–H and O–H groups in total. The van der Waals surface area contributed by atoms with Crippen molar-refractivity contribution in [2.24, 2.45) is 11.3 Å². The van der Waals surface area contributed by atoms with E-state index in [1.807, 2.05) is 24.3 Å². The fourth-order valence-corrected chi connectivity index (χ4v) is 3.83. The van der Waals surface area contributed by atoms with Gasteiger partial charge >= 0.3 is 11.9 Å². The summed E-state index contributed by atoms with van der Waals surface area (Å²) in [6.07, 6.45) is 3.14. The lowest BCUT2D eigenvalue weighted by Crippen LogP contribution is -2.34. The van der Waals surface area contributed by atoms with Gasteiger partial charge in [-0.25, -0.2) is 4.79 Å². The first-order chi connectivity index (χ1) is 10.1. The molecule has 1 fully saturated rings. The highest BCUT2D eigenvalue weighted by Gasteiger charge is 2.59. The van der Waals surface area contributed by atoms with E-state index in [2.05, 4.69) is 12.1 Å². The monoisotopic (exact) mass is 286 g/mol. The van der Waals surface area contributed by atoms with Crippen molar-refractivity contribution in [1.82, 2.24) is 0 Å². The molecule has 21 heavy (non-hydrogen) atoms. The minimum absolute atomic E-state index is 0.181. The van der Waals surface area contributed by atoms with Crippen LogP contribution in [0.1, 0.15) is 24.3 Å². The van der Waals surface area contributed by atoms with E-state index in [0.717, 1.165) is 0 Å². The van der Waals surface area contributed by atoms with Crippen molar-refractivity contribution in [3.8, 4) is 0 Å². The summed E-state index contributed by atoms with van der Waals surface area (Å²) in [5, 5.41) is 0. The third-order valence-corrected chi connectivity index (χ3v) is 4.77. The summed E-state index contributed by atoms with van der Waals surface area (Å²) in [5.41, 5.74) is 0.829. The number of methoxy groups -OCH3 is 2. The molecule has 0 saturated heterocycles. The molecule has 1 aromatic rings. The summed E-state index contributed by atoms with van der Waals surface area (Å²) in [7, 11) is 2.71. The maximum atomic E-state index is 12.3. The van der Waals surface area contributed by atoms with Crippen molar-refractivity contribution in [1.29, 1.82) is 0 Å². The van der Waals surface area contributed by atoms with E-state index >= 15 is 0 Å². The van der Waals surface area contributed by atoms with Gasteiger partial charge in [-0.1, -0.05) is 36.4 Å². The third kappa shape index (κ3) is 1.97. The van der Waals surface area contributed by atoms with Gasteiger partial charge in [0.15, 0.2) is 0 Å². The van der Waals surface area contributed by atoms with Crippen LogP contribution in [0.25, 0.3) is 0 Å². The number of ether oxygens (including phenoxy) is 2. The zero-order valence-corrected chi connectivity index (χ0v) is 12.2. The molecule has 4 heteroatoms. The number of hydrogen-bond donors (Lipinski definition) is 0. The average Bonchev–Trinajstić information content (AvgIpc) is 3.11. The molecule has 0 aromatic heterocycles. The smallest absolute Gasteiger partial charge is 0.334 e. The van der Waals surface area contributed by atoms with Gasteiger partial charge in [0.05, 0.1) is 19.8 Å². The Bertz CT molecular complexity index is 604. The van der Waals surface area contributed by atoms with Crippen LogP contribution >= 0.6 is 0 Å². The number of fused-ring (bicyclic) bond motifs is 2. The average molecular weight is 286 g/mol. The van der Waals surface area contributed by atoms with Crippen LogP contribution < -0.4 is 0 Å². The first kappa shape index (κ1) is 13.9.